The molecule has 1 aliphatic carbocycles. The van der Waals surface area contributed by atoms with Crippen molar-refractivity contribution in [3.63, 3.8) is 0 Å². The molecule has 0 unspecified atom stereocenters. The molecule has 4 aliphatic rings. The van der Waals surface area contributed by atoms with Gasteiger partial charge in [-0.1, -0.05) is 26.0 Å². The first-order valence-electron chi connectivity index (χ1n) is 11.3. The second kappa shape index (κ2) is 6.89. The van der Waals surface area contributed by atoms with Gasteiger partial charge in [0, 0.05) is 41.4 Å². The molecule has 3 aliphatic heterocycles. The first-order chi connectivity index (χ1) is 15.4. The van der Waals surface area contributed by atoms with Crippen molar-refractivity contribution in [3.8, 4) is 17.2 Å². The number of nitrogens with zero attached hydrogens (tertiary/aromatic N) is 1. The Kier molecular flexibility index (Phi) is 4.19. The van der Waals surface area contributed by atoms with Crippen molar-refractivity contribution in [1.82, 2.24) is 4.90 Å². The fraction of sp³-hybridized carbons (Fsp3) is 0.370. The first-order valence-corrected chi connectivity index (χ1v) is 11.3. The third-order valence-electron chi connectivity index (χ3n) is 7.08. The summed E-state index contributed by atoms with van der Waals surface area (Å²) in [5.41, 5.74) is 6.78. The number of hydrogen-bond acceptors (Lipinski definition) is 5. The smallest absolute Gasteiger partial charge is 0.231 e. The van der Waals surface area contributed by atoms with Gasteiger partial charge in [-0.3, -0.25) is 4.79 Å². The Bertz CT molecular complexity index is 1210. The van der Waals surface area contributed by atoms with E-state index < -0.39 is 0 Å². The quantitative estimate of drug-likeness (QED) is 0.668. The normalized spacial score (nSPS) is 22.7. The van der Waals surface area contributed by atoms with Crippen LogP contribution in [-0.4, -0.2) is 31.1 Å². The van der Waals surface area contributed by atoms with E-state index in [1.807, 2.05) is 12.1 Å². The number of carbonyl (C=O) groups is 1. The number of allylic oxidation sites excluding steroid dienone is 3. The van der Waals surface area contributed by atoms with E-state index in [0.29, 0.717) is 6.42 Å². The number of carbonyl (C=O) groups excluding carboxylic acids is 1. The van der Waals surface area contributed by atoms with Gasteiger partial charge in [-0.25, -0.2) is 0 Å². The van der Waals surface area contributed by atoms with Gasteiger partial charge in [0.1, 0.15) is 5.75 Å². The van der Waals surface area contributed by atoms with E-state index in [0.717, 1.165) is 47.8 Å². The molecule has 0 saturated carbocycles. The minimum absolute atomic E-state index is 0.0491. The van der Waals surface area contributed by atoms with Gasteiger partial charge in [0.15, 0.2) is 17.3 Å². The first kappa shape index (κ1) is 19.5. The number of benzene rings is 2. The number of methoxy groups -OCH3 is 1. The average molecular weight is 430 g/mol. The number of rotatable bonds is 2. The minimum Gasteiger partial charge on any atom is -0.497 e. The Hall–Kier alpha value is -3.21. The van der Waals surface area contributed by atoms with Gasteiger partial charge in [-0.2, -0.15) is 0 Å². The van der Waals surface area contributed by atoms with E-state index in [9.17, 15) is 4.79 Å². The van der Waals surface area contributed by atoms with Crippen molar-refractivity contribution >= 4 is 11.5 Å². The number of hydrogen-bond donors (Lipinski definition) is 0. The summed E-state index contributed by atoms with van der Waals surface area (Å²) in [4.78, 5) is 15.9. The molecule has 164 valence electrons. The lowest BCUT2D eigenvalue weighted by Crippen LogP contribution is -2.40. The molecule has 0 amide bonds. The van der Waals surface area contributed by atoms with Gasteiger partial charge in [-0.15, -0.1) is 0 Å². The molecule has 0 saturated heterocycles. The average Bonchev–Trinajstić information content (AvgIpc) is 3.23. The third kappa shape index (κ3) is 2.94. The summed E-state index contributed by atoms with van der Waals surface area (Å²) in [6.07, 6.45) is 4.66. The van der Waals surface area contributed by atoms with Gasteiger partial charge in [-0.05, 0) is 59.7 Å². The van der Waals surface area contributed by atoms with E-state index in [4.69, 9.17) is 14.2 Å². The highest BCUT2D eigenvalue weighted by Crippen LogP contribution is 2.51. The lowest BCUT2D eigenvalue weighted by molar-refractivity contribution is -0.118. The molecule has 2 aromatic carbocycles. The maximum absolute atomic E-state index is 13.5. The van der Waals surface area contributed by atoms with Crippen LogP contribution in [0.4, 0.5) is 0 Å². The van der Waals surface area contributed by atoms with Crippen LogP contribution in [0.15, 0.2) is 53.7 Å². The van der Waals surface area contributed by atoms with E-state index in [-0.39, 0.29) is 23.9 Å². The zero-order valence-electron chi connectivity index (χ0n) is 18.7. The lowest BCUT2D eigenvalue weighted by Gasteiger charge is -2.46. The largest absolute Gasteiger partial charge is 0.497 e. The van der Waals surface area contributed by atoms with E-state index in [1.54, 1.807) is 7.11 Å². The Morgan fingerprint density at radius 2 is 1.91 bits per heavy atom. The predicted octanol–water partition coefficient (Wildman–Crippen LogP) is 5.06. The monoisotopic (exact) mass is 429 g/mol. The topological polar surface area (TPSA) is 48.0 Å². The van der Waals surface area contributed by atoms with Gasteiger partial charge < -0.3 is 19.1 Å². The molecule has 5 nitrogen and oxygen atoms in total. The highest BCUT2D eigenvalue weighted by atomic mass is 16.7. The Morgan fingerprint density at radius 3 is 2.72 bits per heavy atom. The molecule has 32 heavy (non-hydrogen) atoms. The van der Waals surface area contributed by atoms with Gasteiger partial charge in [0.25, 0.3) is 0 Å². The van der Waals surface area contributed by atoms with Crippen LogP contribution in [0.25, 0.3) is 5.70 Å². The zero-order valence-corrected chi connectivity index (χ0v) is 18.7. The lowest BCUT2D eigenvalue weighted by atomic mass is 9.69. The van der Waals surface area contributed by atoms with Crippen molar-refractivity contribution in [2.75, 3.05) is 20.4 Å². The SMILES string of the molecule is COc1cccc([C@@H]2C=C3c4cc5c(cc4CCN3C3=C2C(=O)CC(C)(C)C3)OCO5)c1. The summed E-state index contributed by atoms with van der Waals surface area (Å²) in [5.74, 6) is 2.60. The van der Waals surface area contributed by atoms with Crippen LogP contribution >= 0.6 is 0 Å². The molecule has 0 N–H and O–H groups in total. The van der Waals surface area contributed by atoms with Crippen molar-refractivity contribution in [2.24, 2.45) is 5.41 Å². The molecular formula is C27H27NO4. The molecule has 1 atom stereocenters. The Labute approximate surface area is 188 Å². The van der Waals surface area contributed by atoms with E-state index in [2.05, 4.69) is 49.1 Å². The number of Topliss-reactive ketones (excluding diaryl/α,β-unsaturated/α-hetero) is 1. The second-order valence-electron chi connectivity index (χ2n) is 9.87. The maximum Gasteiger partial charge on any atom is 0.231 e. The Morgan fingerprint density at radius 1 is 1.09 bits per heavy atom. The second-order valence-corrected chi connectivity index (χ2v) is 9.87. The molecule has 0 radical (unpaired) electrons. The molecular weight excluding hydrogens is 402 g/mol. The minimum atomic E-state index is -0.0914. The molecule has 0 bridgehead atoms. The van der Waals surface area contributed by atoms with Crippen molar-refractivity contribution in [2.45, 2.75) is 39.0 Å². The van der Waals surface area contributed by atoms with Gasteiger partial charge in [0.05, 0.1) is 7.11 Å². The van der Waals surface area contributed by atoms with Gasteiger partial charge >= 0.3 is 0 Å². The predicted molar refractivity (Wildman–Crippen MR) is 122 cm³/mol. The van der Waals surface area contributed by atoms with Crippen molar-refractivity contribution in [1.29, 1.82) is 0 Å². The summed E-state index contributed by atoms with van der Waals surface area (Å²) in [6, 6.07) is 12.3. The van der Waals surface area contributed by atoms with Gasteiger partial charge in [0.2, 0.25) is 6.79 Å². The van der Waals surface area contributed by atoms with Crippen LogP contribution in [0.2, 0.25) is 0 Å². The van der Waals surface area contributed by atoms with Crippen molar-refractivity contribution < 1.29 is 19.0 Å². The number of fused-ring (bicyclic) bond motifs is 5. The van der Waals surface area contributed by atoms with Crippen LogP contribution in [0, 0.1) is 5.41 Å². The molecule has 0 aromatic heterocycles. The summed E-state index contributed by atoms with van der Waals surface area (Å²) in [6.45, 7) is 5.53. The van der Waals surface area contributed by atoms with Crippen LogP contribution in [0.1, 0.15) is 49.3 Å². The summed E-state index contributed by atoms with van der Waals surface area (Å²) < 4.78 is 16.8. The maximum atomic E-state index is 13.5. The van der Waals surface area contributed by atoms with Crippen LogP contribution < -0.4 is 14.2 Å². The summed E-state index contributed by atoms with van der Waals surface area (Å²) >= 11 is 0. The molecule has 3 heterocycles. The van der Waals surface area contributed by atoms with Crippen LogP contribution in [0.5, 0.6) is 17.2 Å². The Balaban J connectivity index is 1.55. The highest BCUT2D eigenvalue weighted by molar-refractivity contribution is 6.01. The number of ketones is 1. The molecule has 2 aromatic rings. The molecule has 5 heteroatoms. The zero-order chi connectivity index (χ0) is 22.0. The molecule has 0 spiro atoms. The van der Waals surface area contributed by atoms with E-state index in [1.165, 1.54) is 22.5 Å². The summed E-state index contributed by atoms with van der Waals surface area (Å²) in [5, 5.41) is 0. The van der Waals surface area contributed by atoms with E-state index >= 15 is 0 Å². The number of ether oxygens (including phenoxy) is 3. The highest BCUT2D eigenvalue weighted by Gasteiger charge is 2.43. The van der Waals surface area contributed by atoms with Crippen LogP contribution in [-0.2, 0) is 11.2 Å². The summed E-state index contributed by atoms with van der Waals surface area (Å²) in [7, 11) is 1.68. The third-order valence-corrected chi connectivity index (χ3v) is 7.08. The fourth-order valence-corrected chi connectivity index (χ4v) is 5.62. The van der Waals surface area contributed by atoms with Crippen molar-refractivity contribution in [3.05, 3.63) is 70.4 Å². The molecule has 6 rings (SSSR count). The van der Waals surface area contributed by atoms with Crippen LogP contribution in [0.3, 0.4) is 0 Å². The molecule has 0 fully saturated rings. The fourth-order valence-electron chi connectivity index (χ4n) is 5.62. The standard InChI is InChI=1S/C27H27NO4/c1-27(2)13-22-26(23(29)14-27)20(16-5-4-6-18(9-16)30-3)11-21-19-12-25-24(31-15-32-25)10-17(19)7-8-28(21)22/h4-6,9-12,20H,7-8,13-15H2,1-3H3/t20-/m0/s1.